The normalized spacial score (nSPS) is 11.1. The summed E-state index contributed by atoms with van der Waals surface area (Å²) in [7, 11) is 0. The monoisotopic (exact) mass is 213 g/mol. The van der Waals surface area contributed by atoms with E-state index in [0.717, 1.165) is 29.6 Å². The van der Waals surface area contributed by atoms with Crippen molar-refractivity contribution in [2.24, 2.45) is 5.92 Å². The Morgan fingerprint density at radius 2 is 2.29 bits per heavy atom. The lowest BCUT2D eigenvalue weighted by atomic mass is 10.1. The van der Waals surface area contributed by atoms with Gasteiger partial charge in [-0.15, -0.1) is 11.8 Å². The van der Waals surface area contributed by atoms with Gasteiger partial charge in [-0.2, -0.15) is 5.10 Å². The average Bonchev–Trinajstić information content (AvgIpc) is 2.44. The number of nitrogen functional groups attached to an aromatic ring is 1. The molecule has 0 amide bonds. The molecule has 1 aromatic rings. The average molecular weight is 213 g/mol. The highest BCUT2D eigenvalue weighted by molar-refractivity contribution is 7.99. The first-order valence-electron chi connectivity index (χ1n) is 5.09. The van der Waals surface area contributed by atoms with E-state index >= 15 is 0 Å². The molecule has 0 fully saturated rings. The Labute approximate surface area is 90.1 Å². The molecule has 0 saturated carbocycles. The topological polar surface area (TPSA) is 43.8 Å². The predicted octanol–water partition coefficient (Wildman–Crippen LogP) is 2.62. The van der Waals surface area contributed by atoms with Gasteiger partial charge in [-0.05, 0) is 18.1 Å². The second-order valence-corrected chi connectivity index (χ2v) is 5.03. The number of aryl methyl sites for hydroxylation is 1. The second-order valence-electron chi connectivity index (χ2n) is 3.75. The van der Waals surface area contributed by atoms with E-state index in [1.54, 1.807) is 11.8 Å². The maximum atomic E-state index is 5.84. The van der Waals surface area contributed by atoms with Crippen LogP contribution in [0.2, 0.25) is 0 Å². The van der Waals surface area contributed by atoms with Crippen LogP contribution >= 0.6 is 11.8 Å². The van der Waals surface area contributed by atoms with Gasteiger partial charge in [-0.3, -0.25) is 0 Å². The van der Waals surface area contributed by atoms with Crippen molar-refractivity contribution in [2.75, 3.05) is 11.5 Å². The van der Waals surface area contributed by atoms with Crippen molar-refractivity contribution >= 4 is 17.6 Å². The van der Waals surface area contributed by atoms with E-state index in [4.69, 9.17) is 5.73 Å². The summed E-state index contributed by atoms with van der Waals surface area (Å²) >= 11 is 1.73. The fraction of sp³-hybridized carbons (Fsp3) is 0.700. The molecular formula is C10H19N3S. The Morgan fingerprint density at radius 1 is 1.57 bits per heavy atom. The molecule has 0 saturated heterocycles. The molecule has 0 aliphatic rings. The van der Waals surface area contributed by atoms with Gasteiger partial charge in [-0.25, -0.2) is 4.68 Å². The lowest BCUT2D eigenvalue weighted by Gasteiger charge is -2.05. The van der Waals surface area contributed by atoms with Gasteiger partial charge in [0.1, 0.15) is 10.8 Å². The van der Waals surface area contributed by atoms with E-state index in [9.17, 15) is 0 Å². The number of thioether (sulfide) groups is 1. The van der Waals surface area contributed by atoms with E-state index in [-0.39, 0.29) is 0 Å². The molecular weight excluding hydrogens is 194 g/mol. The first kappa shape index (κ1) is 11.4. The van der Waals surface area contributed by atoms with Crippen molar-refractivity contribution < 1.29 is 0 Å². The molecule has 1 aromatic heterocycles. The van der Waals surface area contributed by atoms with Crippen LogP contribution in [0.15, 0.2) is 11.1 Å². The SMILES string of the molecule is CCSc1cc(N)n(CCC(C)C)n1. The van der Waals surface area contributed by atoms with E-state index in [1.165, 1.54) is 0 Å². The van der Waals surface area contributed by atoms with Gasteiger partial charge in [0, 0.05) is 12.6 Å². The van der Waals surface area contributed by atoms with E-state index in [0.29, 0.717) is 5.92 Å². The van der Waals surface area contributed by atoms with E-state index < -0.39 is 0 Å². The molecule has 3 nitrogen and oxygen atoms in total. The summed E-state index contributed by atoms with van der Waals surface area (Å²) in [6.45, 7) is 7.46. The molecule has 1 rings (SSSR count). The molecule has 2 N–H and O–H groups in total. The molecule has 0 aliphatic heterocycles. The molecule has 0 atom stereocenters. The number of rotatable bonds is 5. The van der Waals surface area contributed by atoms with Crippen molar-refractivity contribution in [3.63, 3.8) is 0 Å². The van der Waals surface area contributed by atoms with Gasteiger partial charge >= 0.3 is 0 Å². The molecule has 0 unspecified atom stereocenters. The molecule has 14 heavy (non-hydrogen) atoms. The maximum absolute atomic E-state index is 5.84. The van der Waals surface area contributed by atoms with E-state index in [2.05, 4.69) is 25.9 Å². The molecule has 0 aliphatic carbocycles. The molecule has 0 bridgehead atoms. The lowest BCUT2D eigenvalue weighted by molar-refractivity contribution is 0.486. The van der Waals surface area contributed by atoms with Crippen molar-refractivity contribution in [1.82, 2.24) is 9.78 Å². The number of aromatic nitrogens is 2. The molecule has 80 valence electrons. The Kier molecular flexibility index (Phi) is 4.32. The molecule has 4 heteroatoms. The van der Waals surface area contributed by atoms with Crippen LogP contribution in [0.3, 0.4) is 0 Å². The molecule has 0 spiro atoms. The number of nitrogens with zero attached hydrogens (tertiary/aromatic N) is 2. The predicted molar refractivity (Wildman–Crippen MR) is 62.5 cm³/mol. The van der Waals surface area contributed by atoms with Gasteiger partial charge in [0.05, 0.1) is 0 Å². The van der Waals surface area contributed by atoms with Crippen LogP contribution in [0, 0.1) is 5.92 Å². The molecule has 1 heterocycles. The minimum absolute atomic E-state index is 0.695. The number of hydrogen-bond donors (Lipinski definition) is 1. The highest BCUT2D eigenvalue weighted by atomic mass is 32.2. The first-order valence-corrected chi connectivity index (χ1v) is 6.08. The van der Waals surface area contributed by atoms with Crippen LogP contribution in [-0.2, 0) is 6.54 Å². The molecule has 0 radical (unpaired) electrons. The Balaban J connectivity index is 2.58. The number of nitrogens with two attached hydrogens (primary N) is 1. The van der Waals surface area contributed by atoms with Gasteiger partial charge in [0.15, 0.2) is 0 Å². The Bertz CT molecular complexity index is 281. The lowest BCUT2D eigenvalue weighted by Crippen LogP contribution is -2.06. The first-order chi connectivity index (χ1) is 6.63. The van der Waals surface area contributed by atoms with Crippen LogP contribution in [0.4, 0.5) is 5.82 Å². The van der Waals surface area contributed by atoms with Gasteiger partial charge in [0.2, 0.25) is 0 Å². The molecule has 0 aromatic carbocycles. The van der Waals surface area contributed by atoms with Gasteiger partial charge in [-0.1, -0.05) is 20.8 Å². The van der Waals surface area contributed by atoms with Crippen molar-refractivity contribution in [3.05, 3.63) is 6.07 Å². The number of anilines is 1. The Hall–Kier alpha value is -0.640. The van der Waals surface area contributed by atoms with Crippen molar-refractivity contribution in [2.45, 2.75) is 38.8 Å². The van der Waals surface area contributed by atoms with Crippen LogP contribution in [0.25, 0.3) is 0 Å². The van der Waals surface area contributed by atoms with E-state index in [1.807, 2.05) is 10.7 Å². The van der Waals surface area contributed by atoms with Crippen molar-refractivity contribution in [3.8, 4) is 0 Å². The summed E-state index contributed by atoms with van der Waals surface area (Å²) in [5.41, 5.74) is 5.84. The van der Waals surface area contributed by atoms with Crippen LogP contribution < -0.4 is 5.73 Å². The highest BCUT2D eigenvalue weighted by Gasteiger charge is 2.05. The number of hydrogen-bond acceptors (Lipinski definition) is 3. The summed E-state index contributed by atoms with van der Waals surface area (Å²) in [5, 5.41) is 5.46. The van der Waals surface area contributed by atoms with Crippen LogP contribution in [0.1, 0.15) is 27.2 Å². The highest BCUT2D eigenvalue weighted by Crippen LogP contribution is 2.19. The summed E-state index contributed by atoms with van der Waals surface area (Å²) in [5.74, 6) is 2.52. The van der Waals surface area contributed by atoms with Gasteiger partial charge in [0.25, 0.3) is 0 Å². The van der Waals surface area contributed by atoms with Crippen LogP contribution in [-0.4, -0.2) is 15.5 Å². The van der Waals surface area contributed by atoms with Crippen LogP contribution in [0.5, 0.6) is 0 Å². The maximum Gasteiger partial charge on any atom is 0.122 e. The summed E-state index contributed by atoms with van der Waals surface area (Å²) in [4.78, 5) is 0. The zero-order chi connectivity index (χ0) is 10.6. The fourth-order valence-corrected chi connectivity index (χ4v) is 1.84. The summed E-state index contributed by atoms with van der Waals surface area (Å²) in [6, 6.07) is 1.95. The minimum Gasteiger partial charge on any atom is -0.384 e. The zero-order valence-corrected chi connectivity index (χ0v) is 9.97. The Morgan fingerprint density at radius 3 is 2.86 bits per heavy atom. The third kappa shape index (κ3) is 3.25. The largest absolute Gasteiger partial charge is 0.384 e. The fourth-order valence-electron chi connectivity index (χ4n) is 1.18. The summed E-state index contributed by atoms with van der Waals surface area (Å²) in [6.07, 6.45) is 1.13. The zero-order valence-electron chi connectivity index (χ0n) is 9.16. The third-order valence-electron chi connectivity index (χ3n) is 2.00. The summed E-state index contributed by atoms with van der Waals surface area (Å²) < 4.78 is 1.90. The van der Waals surface area contributed by atoms with Crippen molar-refractivity contribution in [1.29, 1.82) is 0 Å². The standard InChI is InChI=1S/C10H19N3S/c1-4-14-10-7-9(11)13(12-10)6-5-8(2)3/h7-8H,4-6,11H2,1-3H3. The quantitative estimate of drug-likeness (QED) is 0.765. The minimum atomic E-state index is 0.695. The van der Waals surface area contributed by atoms with Gasteiger partial charge < -0.3 is 5.73 Å². The smallest absolute Gasteiger partial charge is 0.122 e. The third-order valence-corrected chi connectivity index (χ3v) is 2.78. The second kappa shape index (κ2) is 5.29.